The lowest BCUT2D eigenvalue weighted by atomic mass is 10.2. The Hall–Kier alpha value is -2.46. The second kappa shape index (κ2) is 6.06. The molecule has 1 fully saturated rings. The van der Waals surface area contributed by atoms with Gasteiger partial charge < -0.3 is 8.94 Å². The van der Waals surface area contributed by atoms with Crippen molar-refractivity contribution in [1.29, 1.82) is 0 Å². The second-order valence-corrected chi connectivity index (χ2v) is 8.48. The molecule has 0 radical (unpaired) electrons. The van der Waals surface area contributed by atoms with Gasteiger partial charge in [-0.15, -0.1) is 0 Å². The highest BCUT2D eigenvalue weighted by Crippen LogP contribution is 2.36. The van der Waals surface area contributed by atoms with Crippen molar-refractivity contribution >= 4 is 21.1 Å². The quantitative estimate of drug-likeness (QED) is 0.738. The summed E-state index contributed by atoms with van der Waals surface area (Å²) in [5.41, 5.74) is 0.650. The predicted octanol–water partition coefficient (Wildman–Crippen LogP) is 2.15. The average Bonchev–Trinajstić information content (AvgIpc) is 3.31. The summed E-state index contributed by atoms with van der Waals surface area (Å²) in [6, 6.07) is 3.81. The molecular formula is C16H18N4O5S. The van der Waals surface area contributed by atoms with Gasteiger partial charge in [0.15, 0.2) is 11.4 Å². The van der Waals surface area contributed by atoms with Crippen LogP contribution in [0.25, 0.3) is 11.1 Å². The first-order chi connectivity index (χ1) is 12.4. The minimum Gasteiger partial charge on any atom is -0.408 e. The van der Waals surface area contributed by atoms with Crippen molar-refractivity contribution in [3.8, 4) is 0 Å². The fraction of sp³-hybridized carbons (Fsp3) is 0.438. The molecule has 4 rings (SSSR count). The highest BCUT2D eigenvalue weighted by atomic mass is 32.2. The molecule has 0 aliphatic carbocycles. The van der Waals surface area contributed by atoms with Gasteiger partial charge in [0.1, 0.15) is 6.04 Å². The third-order valence-corrected chi connectivity index (χ3v) is 6.36. The van der Waals surface area contributed by atoms with Gasteiger partial charge in [0.2, 0.25) is 15.9 Å². The van der Waals surface area contributed by atoms with Crippen molar-refractivity contribution < 1.29 is 17.4 Å². The van der Waals surface area contributed by atoms with E-state index in [-0.39, 0.29) is 10.8 Å². The Kier molecular flexibility index (Phi) is 3.96. The summed E-state index contributed by atoms with van der Waals surface area (Å²) in [6.07, 6.45) is 1.32. The number of aromatic nitrogens is 3. The van der Waals surface area contributed by atoms with Crippen LogP contribution >= 0.6 is 0 Å². The molecule has 0 unspecified atom stereocenters. The third-order valence-electron chi connectivity index (χ3n) is 4.46. The van der Waals surface area contributed by atoms with E-state index in [0.717, 1.165) is 0 Å². The number of aromatic amines is 1. The number of H-pyrrole nitrogens is 1. The largest absolute Gasteiger partial charge is 0.417 e. The van der Waals surface area contributed by atoms with E-state index < -0.39 is 21.8 Å². The maximum atomic E-state index is 13.1. The number of fused-ring (bicyclic) bond motifs is 1. The molecule has 3 heterocycles. The van der Waals surface area contributed by atoms with E-state index >= 15 is 0 Å². The van der Waals surface area contributed by atoms with Crippen LogP contribution in [0.5, 0.6) is 0 Å². The summed E-state index contributed by atoms with van der Waals surface area (Å²) in [5, 5.41) is 3.93. The molecule has 0 bridgehead atoms. The van der Waals surface area contributed by atoms with E-state index in [2.05, 4.69) is 15.1 Å². The topological polar surface area (TPSA) is 122 Å². The fourth-order valence-corrected chi connectivity index (χ4v) is 4.80. The molecule has 1 N–H and O–H groups in total. The van der Waals surface area contributed by atoms with Gasteiger partial charge in [0, 0.05) is 12.5 Å². The highest BCUT2D eigenvalue weighted by Gasteiger charge is 2.39. The Morgan fingerprint density at radius 1 is 1.35 bits per heavy atom. The van der Waals surface area contributed by atoms with E-state index in [1.54, 1.807) is 0 Å². The van der Waals surface area contributed by atoms with Crippen LogP contribution in [0.2, 0.25) is 0 Å². The van der Waals surface area contributed by atoms with Gasteiger partial charge in [-0.25, -0.2) is 13.2 Å². The fourth-order valence-electron chi connectivity index (χ4n) is 3.12. The molecule has 1 aromatic carbocycles. The number of sulfonamides is 1. The normalized spacial score (nSPS) is 19.0. The summed E-state index contributed by atoms with van der Waals surface area (Å²) in [7, 11) is -3.79. The van der Waals surface area contributed by atoms with Crippen molar-refractivity contribution in [2.45, 2.75) is 43.5 Å². The molecule has 1 atom stereocenters. The molecule has 1 aliphatic heterocycles. The Morgan fingerprint density at radius 2 is 2.15 bits per heavy atom. The van der Waals surface area contributed by atoms with E-state index in [1.165, 1.54) is 22.5 Å². The van der Waals surface area contributed by atoms with Gasteiger partial charge in [0.05, 0.1) is 10.4 Å². The monoisotopic (exact) mass is 378 g/mol. The van der Waals surface area contributed by atoms with E-state index in [4.69, 9.17) is 8.94 Å². The van der Waals surface area contributed by atoms with Crippen molar-refractivity contribution in [3.05, 3.63) is 40.5 Å². The molecule has 1 aliphatic rings. The number of oxazole rings is 1. The molecule has 0 amide bonds. The van der Waals surface area contributed by atoms with Crippen molar-refractivity contribution in [3.63, 3.8) is 0 Å². The first kappa shape index (κ1) is 17.0. The van der Waals surface area contributed by atoms with Crippen molar-refractivity contribution in [1.82, 2.24) is 19.4 Å². The van der Waals surface area contributed by atoms with Crippen LogP contribution in [0, 0.1) is 0 Å². The zero-order chi connectivity index (χ0) is 18.5. The van der Waals surface area contributed by atoms with E-state index in [1.807, 2.05) is 13.8 Å². The SMILES string of the molecule is CC(C)c1noc([C@@H]2CCCN2S(=O)(=O)c2ccc3oc(=O)[nH]c3c2)n1. The molecule has 1 saturated heterocycles. The van der Waals surface area contributed by atoms with Gasteiger partial charge in [-0.2, -0.15) is 9.29 Å². The molecule has 2 aromatic heterocycles. The summed E-state index contributed by atoms with van der Waals surface area (Å²) in [6.45, 7) is 4.25. The Labute approximate surface area is 149 Å². The smallest absolute Gasteiger partial charge is 0.408 e. The van der Waals surface area contributed by atoms with Crippen LogP contribution in [0.3, 0.4) is 0 Å². The number of hydrogen-bond donors (Lipinski definition) is 1. The minimum absolute atomic E-state index is 0.0811. The summed E-state index contributed by atoms with van der Waals surface area (Å²) in [4.78, 5) is 18.2. The summed E-state index contributed by atoms with van der Waals surface area (Å²) < 4.78 is 37.9. The molecule has 3 aromatic rings. The molecule has 0 spiro atoms. The predicted molar refractivity (Wildman–Crippen MR) is 91.1 cm³/mol. The molecule has 138 valence electrons. The van der Waals surface area contributed by atoms with E-state index in [0.29, 0.717) is 42.2 Å². The Morgan fingerprint density at radius 3 is 2.88 bits per heavy atom. The van der Waals surface area contributed by atoms with Gasteiger partial charge in [-0.1, -0.05) is 19.0 Å². The lowest BCUT2D eigenvalue weighted by molar-refractivity contribution is 0.289. The van der Waals surface area contributed by atoms with E-state index in [9.17, 15) is 13.2 Å². The first-order valence-corrected chi connectivity index (χ1v) is 9.78. The molecule has 26 heavy (non-hydrogen) atoms. The first-order valence-electron chi connectivity index (χ1n) is 8.34. The van der Waals surface area contributed by atoms with Crippen LogP contribution < -0.4 is 5.76 Å². The molecule has 10 heteroatoms. The maximum Gasteiger partial charge on any atom is 0.417 e. The van der Waals surface area contributed by atoms with Crippen molar-refractivity contribution in [2.75, 3.05) is 6.54 Å². The van der Waals surface area contributed by atoms with Crippen LogP contribution in [0.15, 0.2) is 36.8 Å². The standard InChI is InChI=1S/C16H18N4O5S/c1-9(2)14-18-15(25-19-14)12-4-3-7-20(12)26(22,23)10-5-6-13-11(8-10)17-16(21)24-13/h5-6,8-9,12H,3-4,7H2,1-2H3,(H,17,21)/t12-/m0/s1. The number of nitrogens with one attached hydrogen (secondary N) is 1. The second-order valence-electron chi connectivity index (χ2n) is 6.59. The minimum atomic E-state index is -3.79. The van der Waals surface area contributed by atoms with Crippen LogP contribution in [-0.4, -0.2) is 34.4 Å². The number of benzene rings is 1. The lowest BCUT2D eigenvalue weighted by Crippen LogP contribution is -2.30. The average molecular weight is 378 g/mol. The Bertz CT molecular complexity index is 1110. The highest BCUT2D eigenvalue weighted by molar-refractivity contribution is 7.89. The summed E-state index contributed by atoms with van der Waals surface area (Å²) >= 11 is 0. The van der Waals surface area contributed by atoms with Crippen LogP contribution in [0.4, 0.5) is 0 Å². The Balaban J connectivity index is 1.71. The molecule has 9 nitrogen and oxygen atoms in total. The zero-order valence-electron chi connectivity index (χ0n) is 14.3. The number of hydrogen-bond acceptors (Lipinski definition) is 7. The third kappa shape index (κ3) is 2.74. The summed E-state index contributed by atoms with van der Waals surface area (Å²) in [5.74, 6) is 0.342. The van der Waals surface area contributed by atoms with Gasteiger partial charge >= 0.3 is 5.76 Å². The number of nitrogens with zero attached hydrogens (tertiary/aromatic N) is 3. The van der Waals surface area contributed by atoms with Gasteiger partial charge in [0.25, 0.3) is 0 Å². The van der Waals surface area contributed by atoms with Gasteiger partial charge in [-0.05, 0) is 31.0 Å². The van der Waals surface area contributed by atoms with Gasteiger partial charge in [-0.3, -0.25) is 4.98 Å². The lowest BCUT2D eigenvalue weighted by Gasteiger charge is -2.21. The molecule has 0 saturated carbocycles. The van der Waals surface area contributed by atoms with Crippen LogP contribution in [0.1, 0.15) is 50.4 Å². The van der Waals surface area contributed by atoms with Crippen molar-refractivity contribution in [2.24, 2.45) is 0 Å². The molecular weight excluding hydrogens is 360 g/mol. The van der Waals surface area contributed by atoms with Crippen LogP contribution in [-0.2, 0) is 10.0 Å². The maximum absolute atomic E-state index is 13.1. The zero-order valence-corrected chi connectivity index (χ0v) is 15.1. The number of rotatable bonds is 4.